The minimum Gasteiger partial charge on any atom is -0.382 e. The second-order valence-corrected chi connectivity index (χ2v) is 5.77. The van der Waals surface area contributed by atoms with Crippen molar-refractivity contribution in [2.24, 2.45) is 0 Å². The molecule has 1 rings (SSSR count). The summed E-state index contributed by atoms with van der Waals surface area (Å²) in [6.45, 7) is 7.86. The molecule has 23 heavy (non-hydrogen) atoms. The number of ether oxygens (including phenoxy) is 1. The second kappa shape index (κ2) is 14.2. The molecule has 0 aliphatic heterocycles. The van der Waals surface area contributed by atoms with Gasteiger partial charge in [-0.25, -0.2) is 4.18 Å². The van der Waals surface area contributed by atoms with Gasteiger partial charge in [-0.15, -0.1) is 0 Å². The molecule has 0 radical (unpaired) electrons. The third-order valence-electron chi connectivity index (χ3n) is 2.62. The first kappa shape index (κ1) is 21.6. The minimum absolute atomic E-state index is 0.162. The van der Waals surface area contributed by atoms with Gasteiger partial charge in [-0.2, -0.15) is 8.42 Å². The fourth-order valence-electron chi connectivity index (χ4n) is 1.48. The fraction of sp³-hybridized carbons (Fsp3) is 0.529. The second-order valence-electron chi connectivity index (χ2n) is 4.53. The summed E-state index contributed by atoms with van der Waals surface area (Å²) in [4.78, 5) is 0. The summed E-state index contributed by atoms with van der Waals surface area (Å²) < 4.78 is 36.7. The molecule has 0 aromatic heterocycles. The van der Waals surface area contributed by atoms with Crippen molar-refractivity contribution < 1.29 is 21.5 Å². The van der Waals surface area contributed by atoms with Crippen LogP contribution in [-0.2, 0) is 23.5 Å². The number of rotatable bonds is 10. The summed E-state index contributed by atoms with van der Waals surface area (Å²) in [6.07, 6.45) is 5.34. The van der Waals surface area contributed by atoms with E-state index in [9.17, 15) is 8.42 Å². The van der Waals surface area contributed by atoms with Gasteiger partial charge in [0, 0.05) is 13.2 Å². The van der Waals surface area contributed by atoms with Crippen LogP contribution in [0.15, 0.2) is 36.6 Å². The van der Waals surface area contributed by atoms with E-state index in [1.807, 2.05) is 51.1 Å². The van der Waals surface area contributed by atoms with Crippen molar-refractivity contribution in [1.82, 2.24) is 0 Å². The SMILES string of the molecule is CCCCCOS(=O)(=O)O/C=C/c1ccccc1.CCOCC. The molecule has 0 atom stereocenters. The minimum atomic E-state index is -3.92. The van der Waals surface area contributed by atoms with E-state index in [0.717, 1.165) is 37.9 Å². The van der Waals surface area contributed by atoms with Crippen LogP contribution in [-0.4, -0.2) is 28.2 Å². The number of unbranched alkanes of at least 4 members (excludes halogenated alkanes) is 2. The van der Waals surface area contributed by atoms with E-state index in [-0.39, 0.29) is 6.61 Å². The molecule has 0 amide bonds. The zero-order valence-corrected chi connectivity index (χ0v) is 15.1. The highest BCUT2D eigenvalue weighted by atomic mass is 32.3. The van der Waals surface area contributed by atoms with E-state index < -0.39 is 10.4 Å². The van der Waals surface area contributed by atoms with Crippen molar-refractivity contribution in [2.75, 3.05) is 19.8 Å². The van der Waals surface area contributed by atoms with E-state index in [0.29, 0.717) is 6.42 Å². The third-order valence-corrected chi connectivity index (χ3v) is 3.42. The Balaban J connectivity index is 0.000000841. The van der Waals surface area contributed by atoms with Gasteiger partial charge in [-0.05, 0) is 31.9 Å². The number of hydrogen-bond acceptors (Lipinski definition) is 5. The van der Waals surface area contributed by atoms with Crippen molar-refractivity contribution in [2.45, 2.75) is 40.0 Å². The summed E-state index contributed by atoms with van der Waals surface area (Å²) >= 11 is 0. The van der Waals surface area contributed by atoms with Crippen molar-refractivity contribution in [1.29, 1.82) is 0 Å². The lowest BCUT2D eigenvalue weighted by atomic mass is 10.2. The largest absolute Gasteiger partial charge is 0.448 e. The summed E-state index contributed by atoms with van der Waals surface area (Å²) in [5.74, 6) is 0. The van der Waals surface area contributed by atoms with Crippen LogP contribution in [0, 0.1) is 0 Å². The molecule has 0 saturated carbocycles. The number of hydrogen-bond donors (Lipinski definition) is 0. The van der Waals surface area contributed by atoms with Crippen molar-refractivity contribution in [3.63, 3.8) is 0 Å². The Kier molecular flexibility index (Phi) is 13.4. The van der Waals surface area contributed by atoms with Crippen LogP contribution in [0.4, 0.5) is 0 Å². The van der Waals surface area contributed by atoms with Crippen molar-refractivity contribution in [3.8, 4) is 0 Å². The van der Waals surface area contributed by atoms with E-state index in [4.69, 9.17) is 4.74 Å². The molecule has 5 nitrogen and oxygen atoms in total. The zero-order chi connectivity index (χ0) is 17.4. The van der Waals surface area contributed by atoms with Gasteiger partial charge in [0.05, 0.1) is 6.61 Å². The van der Waals surface area contributed by atoms with E-state index >= 15 is 0 Å². The molecule has 0 fully saturated rings. The van der Waals surface area contributed by atoms with Crippen LogP contribution < -0.4 is 0 Å². The quantitative estimate of drug-likeness (QED) is 0.471. The molecule has 0 aliphatic carbocycles. The lowest BCUT2D eigenvalue weighted by Crippen LogP contribution is -2.07. The van der Waals surface area contributed by atoms with E-state index in [1.54, 1.807) is 6.08 Å². The van der Waals surface area contributed by atoms with Crippen molar-refractivity contribution in [3.05, 3.63) is 42.2 Å². The standard InChI is InChI=1S/C13H18O4S.C4H10O/c1-2-3-7-11-16-18(14,15)17-12-10-13-8-5-4-6-9-13;1-3-5-4-2/h4-6,8-10,12H,2-3,7,11H2,1H3;3-4H2,1-2H3/b12-10+;. The average Bonchev–Trinajstić information content (AvgIpc) is 2.54. The molecule has 6 heteroatoms. The maximum absolute atomic E-state index is 11.3. The van der Waals surface area contributed by atoms with Gasteiger partial charge in [-0.3, -0.25) is 0 Å². The molecule has 0 saturated heterocycles. The van der Waals surface area contributed by atoms with Crippen LogP contribution in [0.25, 0.3) is 6.08 Å². The Hall–Kier alpha value is -1.37. The van der Waals surface area contributed by atoms with E-state index in [2.05, 4.69) is 8.37 Å². The highest BCUT2D eigenvalue weighted by molar-refractivity contribution is 7.81. The molecule has 0 N–H and O–H groups in total. The predicted molar refractivity (Wildman–Crippen MR) is 93.1 cm³/mol. The van der Waals surface area contributed by atoms with Gasteiger partial charge in [0.15, 0.2) is 0 Å². The molecule has 1 aromatic rings. The Labute approximate surface area is 140 Å². The van der Waals surface area contributed by atoms with Crippen LogP contribution in [0.2, 0.25) is 0 Å². The molecule has 132 valence electrons. The normalized spacial score (nSPS) is 11.1. The van der Waals surface area contributed by atoms with Gasteiger partial charge >= 0.3 is 10.4 Å². The van der Waals surface area contributed by atoms with Gasteiger partial charge in [0.1, 0.15) is 6.26 Å². The molecule has 0 aliphatic rings. The highest BCUT2D eigenvalue weighted by Crippen LogP contribution is 2.05. The maximum atomic E-state index is 11.3. The van der Waals surface area contributed by atoms with Crippen LogP contribution in [0.1, 0.15) is 45.6 Å². The molecule has 0 bridgehead atoms. The van der Waals surface area contributed by atoms with E-state index in [1.165, 1.54) is 0 Å². The molecular formula is C17H28O5S. The maximum Gasteiger partial charge on any atom is 0.448 e. The summed E-state index contributed by atoms with van der Waals surface area (Å²) in [7, 11) is -3.92. The monoisotopic (exact) mass is 344 g/mol. The van der Waals surface area contributed by atoms with Crippen LogP contribution in [0.3, 0.4) is 0 Å². The zero-order valence-electron chi connectivity index (χ0n) is 14.2. The molecular weight excluding hydrogens is 316 g/mol. The van der Waals surface area contributed by atoms with Crippen LogP contribution >= 0.6 is 0 Å². The first-order valence-corrected chi connectivity index (χ1v) is 9.26. The highest BCUT2D eigenvalue weighted by Gasteiger charge is 2.09. The Bertz CT molecular complexity index is 495. The number of benzene rings is 1. The van der Waals surface area contributed by atoms with Gasteiger partial charge in [-0.1, -0.05) is 50.1 Å². The molecule has 0 spiro atoms. The summed E-state index contributed by atoms with van der Waals surface area (Å²) in [5.41, 5.74) is 0.860. The topological polar surface area (TPSA) is 61.8 Å². The van der Waals surface area contributed by atoms with Gasteiger partial charge < -0.3 is 8.92 Å². The smallest absolute Gasteiger partial charge is 0.382 e. The Morgan fingerprint density at radius 2 is 1.65 bits per heavy atom. The Morgan fingerprint density at radius 1 is 1.00 bits per heavy atom. The first-order valence-electron chi connectivity index (χ1n) is 7.92. The summed E-state index contributed by atoms with van der Waals surface area (Å²) in [6, 6.07) is 9.28. The third kappa shape index (κ3) is 14.0. The molecule has 0 unspecified atom stereocenters. The fourth-order valence-corrected chi connectivity index (χ4v) is 2.05. The summed E-state index contributed by atoms with van der Waals surface area (Å²) in [5, 5.41) is 0. The average molecular weight is 344 g/mol. The Morgan fingerprint density at radius 3 is 2.17 bits per heavy atom. The van der Waals surface area contributed by atoms with Crippen molar-refractivity contribution >= 4 is 16.5 Å². The van der Waals surface area contributed by atoms with Crippen LogP contribution in [0.5, 0.6) is 0 Å². The van der Waals surface area contributed by atoms with Gasteiger partial charge in [0.25, 0.3) is 0 Å². The van der Waals surface area contributed by atoms with Gasteiger partial charge in [0.2, 0.25) is 0 Å². The first-order chi connectivity index (χ1) is 11.1. The predicted octanol–water partition coefficient (Wildman–Crippen LogP) is 4.17. The lowest BCUT2D eigenvalue weighted by molar-refractivity contribution is 0.162. The molecule has 1 aromatic carbocycles. The lowest BCUT2D eigenvalue weighted by Gasteiger charge is -2.02. The molecule has 0 heterocycles.